The second kappa shape index (κ2) is 6.49. The number of nitrogens with zero attached hydrogens (tertiary/aromatic N) is 1. The van der Waals surface area contributed by atoms with Crippen LogP contribution in [-0.2, 0) is 11.8 Å². The van der Waals surface area contributed by atoms with Gasteiger partial charge in [0.05, 0.1) is 5.75 Å². The fourth-order valence-electron chi connectivity index (χ4n) is 1.84. The fraction of sp³-hybridized carbons (Fsp3) is 0.200. The lowest BCUT2D eigenvalue weighted by molar-refractivity contribution is -0.117. The molecule has 0 spiro atoms. The van der Waals surface area contributed by atoms with E-state index in [2.05, 4.69) is 5.32 Å². The number of hydrogen-bond donors (Lipinski definition) is 2. The number of carbonyl (C=O) groups excluding carboxylic acids is 2. The van der Waals surface area contributed by atoms with Crippen LogP contribution in [0.3, 0.4) is 0 Å². The topological polar surface area (TPSA) is 77.1 Å². The number of aryl methyl sites for hydroxylation is 2. The van der Waals surface area contributed by atoms with E-state index in [9.17, 15) is 9.59 Å². The lowest BCUT2D eigenvalue weighted by Crippen LogP contribution is -2.32. The number of imide groups is 1. The van der Waals surface area contributed by atoms with Crippen molar-refractivity contribution in [1.29, 1.82) is 0 Å². The summed E-state index contributed by atoms with van der Waals surface area (Å²) in [5.41, 5.74) is 7.88. The van der Waals surface area contributed by atoms with Crippen molar-refractivity contribution in [2.24, 2.45) is 7.05 Å². The monoisotopic (exact) mass is 303 g/mol. The Labute approximate surface area is 127 Å². The summed E-state index contributed by atoms with van der Waals surface area (Å²) < 4.78 is 1.66. The fourth-order valence-corrected chi connectivity index (χ4v) is 2.71. The first-order chi connectivity index (χ1) is 9.97. The molecule has 6 heteroatoms. The van der Waals surface area contributed by atoms with Gasteiger partial charge in [-0.25, -0.2) is 0 Å². The zero-order valence-corrected chi connectivity index (χ0v) is 12.7. The maximum atomic E-state index is 11.9. The van der Waals surface area contributed by atoms with Crippen molar-refractivity contribution in [3.05, 3.63) is 47.8 Å². The van der Waals surface area contributed by atoms with Crippen LogP contribution in [0.5, 0.6) is 0 Å². The van der Waals surface area contributed by atoms with Crippen molar-refractivity contribution in [3.8, 4) is 0 Å². The Morgan fingerprint density at radius 3 is 2.76 bits per heavy atom. The zero-order chi connectivity index (χ0) is 15.4. The largest absolute Gasteiger partial charge is 0.399 e. The lowest BCUT2D eigenvalue weighted by Gasteiger charge is -2.07. The first-order valence-electron chi connectivity index (χ1n) is 6.42. The maximum absolute atomic E-state index is 11.9. The van der Waals surface area contributed by atoms with Crippen LogP contribution in [0.25, 0.3) is 0 Å². The van der Waals surface area contributed by atoms with Crippen molar-refractivity contribution in [3.63, 3.8) is 0 Å². The van der Waals surface area contributed by atoms with E-state index in [-0.39, 0.29) is 11.7 Å². The number of carbonyl (C=O) groups is 2. The number of benzene rings is 1. The molecule has 0 unspecified atom stereocenters. The van der Waals surface area contributed by atoms with Gasteiger partial charge in [-0.15, -0.1) is 11.8 Å². The van der Waals surface area contributed by atoms with Crippen molar-refractivity contribution in [1.82, 2.24) is 9.88 Å². The van der Waals surface area contributed by atoms with Crippen LogP contribution in [0.15, 0.2) is 41.4 Å². The molecular formula is C15H17N3O2S. The molecule has 0 aliphatic carbocycles. The molecule has 0 bridgehead atoms. The number of rotatable bonds is 4. The molecule has 1 aromatic carbocycles. The highest BCUT2D eigenvalue weighted by Gasteiger charge is 2.13. The normalized spacial score (nSPS) is 10.4. The number of hydrogen-bond acceptors (Lipinski definition) is 4. The minimum absolute atomic E-state index is 0.167. The highest BCUT2D eigenvalue weighted by molar-refractivity contribution is 8.00. The lowest BCUT2D eigenvalue weighted by atomic mass is 10.2. The number of aromatic nitrogens is 1. The molecule has 110 valence electrons. The van der Waals surface area contributed by atoms with Gasteiger partial charge in [0.2, 0.25) is 5.91 Å². The van der Waals surface area contributed by atoms with Crippen LogP contribution in [0.1, 0.15) is 16.1 Å². The second-order valence-electron chi connectivity index (χ2n) is 4.70. The van der Waals surface area contributed by atoms with Crippen molar-refractivity contribution >= 4 is 29.3 Å². The summed E-state index contributed by atoms with van der Waals surface area (Å²) in [6.45, 7) is 1.95. The molecule has 3 N–H and O–H groups in total. The van der Waals surface area contributed by atoms with Crippen LogP contribution in [0.2, 0.25) is 0 Å². The van der Waals surface area contributed by atoms with Gasteiger partial charge in [-0.05, 0) is 36.8 Å². The first-order valence-corrected chi connectivity index (χ1v) is 7.40. The molecule has 0 radical (unpaired) electrons. The number of nitrogens with one attached hydrogen (secondary N) is 1. The number of anilines is 1. The van der Waals surface area contributed by atoms with Crippen LogP contribution in [0.4, 0.5) is 5.69 Å². The van der Waals surface area contributed by atoms with E-state index in [1.807, 2.05) is 25.1 Å². The quantitative estimate of drug-likeness (QED) is 0.668. The van der Waals surface area contributed by atoms with Gasteiger partial charge in [0.15, 0.2) is 0 Å². The summed E-state index contributed by atoms with van der Waals surface area (Å²) in [6.07, 6.45) is 1.75. The third kappa shape index (κ3) is 3.88. The average Bonchev–Trinajstić information content (AvgIpc) is 2.86. The maximum Gasteiger partial charge on any atom is 0.274 e. The Morgan fingerprint density at radius 1 is 1.33 bits per heavy atom. The molecule has 0 fully saturated rings. The molecule has 2 amide bonds. The molecule has 0 atom stereocenters. The van der Waals surface area contributed by atoms with Crippen molar-refractivity contribution < 1.29 is 9.59 Å². The predicted molar refractivity (Wildman–Crippen MR) is 84.2 cm³/mol. The van der Waals surface area contributed by atoms with Gasteiger partial charge in [0.1, 0.15) is 5.69 Å². The minimum atomic E-state index is -0.391. The Kier molecular flexibility index (Phi) is 4.70. The highest BCUT2D eigenvalue weighted by atomic mass is 32.2. The van der Waals surface area contributed by atoms with Gasteiger partial charge in [-0.1, -0.05) is 6.07 Å². The zero-order valence-electron chi connectivity index (χ0n) is 11.9. The molecule has 2 aromatic rings. The summed E-state index contributed by atoms with van der Waals surface area (Å²) in [5, 5.41) is 2.38. The van der Waals surface area contributed by atoms with Gasteiger partial charge in [0.25, 0.3) is 5.91 Å². The molecular weight excluding hydrogens is 286 g/mol. The Bertz CT molecular complexity index is 679. The summed E-state index contributed by atoms with van der Waals surface area (Å²) in [7, 11) is 1.75. The van der Waals surface area contributed by atoms with E-state index in [1.165, 1.54) is 11.8 Å². The standard InChI is InChI=1S/C15H17N3O2S/c1-10-5-6-11(16)8-13(10)21-9-14(19)17-15(20)12-4-3-7-18(12)2/h3-8H,9,16H2,1-2H3,(H,17,19,20). The smallest absolute Gasteiger partial charge is 0.274 e. The summed E-state index contributed by atoms with van der Waals surface area (Å²) in [4.78, 5) is 24.7. The highest BCUT2D eigenvalue weighted by Crippen LogP contribution is 2.24. The Balaban J connectivity index is 1.92. The van der Waals surface area contributed by atoms with Gasteiger partial charge in [-0.3, -0.25) is 14.9 Å². The summed E-state index contributed by atoms with van der Waals surface area (Å²) >= 11 is 1.36. The molecule has 5 nitrogen and oxygen atoms in total. The van der Waals surface area contributed by atoms with Gasteiger partial charge < -0.3 is 10.3 Å². The predicted octanol–water partition coefficient (Wildman–Crippen LogP) is 1.96. The van der Waals surface area contributed by atoms with Gasteiger partial charge in [-0.2, -0.15) is 0 Å². The number of nitrogens with two attached hydrogens (primary N) is 1. The number of amides is 2. The van der Waals surface area contributed by atoms with E-state index >= 15 is 0 Å². The third-order valence-corrected chi connectivity index (χ3v) is 4.16. The van der Waals surface area contributed by atoms with E-state index in [0.29, 0.717) is 11.4 Å². The van der Waals surface area contributed by atoms with Crippen LogP contribution in [-0.4, -0.2) is 22.1 Å². The van der Waals surface area contributed by atoms with Crippen LogP contribution < -0.4 is 11.1 Å². The molecule has 0 saturated carbocycles. The van der Waals surface area contributed by atoms with E-state index in [4.69, 9.17) is 5.73 Å². The van der Waals surface area contributed by atoms with Crippen LogP contribution in [0, 0.1) is 6.92 Å². The van der Waals surface area contributed by atoms with Crippen molar-refractivity contribution in [2.75, 3.05) is 11.5 Å². The van der Waals surface area contributed by atoms with E-state index < -0.39 is 5.91 Å². The number of thioether (sulfide) groups is 1. The summed E-state index contributed by atoms with van der Waals surface area (Å²) in [5.74, 6) is -0.550. The average molecular weight is 303 g/mol. The van der Waals surface area contributed by atoms with E-state index in [1.54, 1.807) is 29.9 Å². The molecule has 0 saturated heterocycles. The van der Waals surface area contributed by atoms with Crippen LogP contribution >= 0.6 is 11.8 Å². The molecule has 0 aliphatic rings. The van der Waals surface area contributed by atoms with Gasteiger partial charge >= 0.3 is 0 Å². The minimum Gasteiger partial charge on any atom is -0.399 e. The first kappa shape index (κ1) is 15.2. The summed E-state index contributed by atoms with van der Waals surface area (Å²) in [6, 6.07) is 8.97. The molecule has 21 heavy (non-hydrogen) atoms. The number of nitrogen functional groups attached to an aromatic ring is 1. The third-order valence-electron chi connectivity index (χ3n) is 3.00. The Morgan fingerprint density at radius 2 is 2.10 bits per heavy atom. The molecule has 0 aliphatic heterocycles. The Hall–Kier alpha value is -2.21. The molecule has 2 rings (SSSR count). The van der Waals surface area contributed by atoms with Crippen molar-refractivity contribution in [2.45, 2.75) is 11.8 Å². The van der Waals surface area contributed by atoms with Gasteiger partial charge in [0, 0.05) is 23.8 Å². The van der Waals surface area contributed by atoms with E-state index in [0.717, 1.165) is 10.5 Å². The molecule has 1 heterocycles. The molecule has 1 aromatic heterocycles. The second-order valence-corrected chi connectivity index (χ2v) is 5.71. The SMILES string of the molecule is Cc1ccc(N)cc1SCC(=O)NC(=O)c1cccn1C.